The minimum atomic E-state index is -0.242. The van der Waals surface area contributed by atoms with Gasteiger partial charge in [-0.05, 0) is 73.5 Å². The third-order valence-electron chi connectivity index (χ3n) is 6.82. The van der Waals surface area contributed by atoms with E-state index < -0.39 is 0 Å². The van der Waals surface area contributed by atoms with Crippen LogP contribution in [0.3, 0.4) is 0 Å². The zero-order valence-corrected chi connectivity index (χ0v) is 25.9. The van der Waals surface area contributed by atoms with E-state index in [1.165, 1.54) is 15.9 Å². The van der Waals surface area contributed by atoms with Gasteiger partial charge in [0, 0.05) is 17.3 Å². The molecular weight excluding hydrogens is 594 g/mol. The average molecular weight is 624 g/mol. The SMILES string of the molecule is CCCCOc1ccc(/C=C/c2nc3s/c(=C\c4cn(-c5ccccc5)nc4-c4ccc(OCC)c(Cl)c4)c(=O)n3n2)cc1. The number of rotatable bonds is 11. The van der Waals surface area contributed by atoms with Crippen LogP contribution in [-0.2, 0) is 0 Å². The van der Waals surface area contributed by atoms with Crippen LogP contribution in [0.25, 0.3) is 40.1 Å². The summed E-state index contributed by atoms with van der Waals surface area (Å²) in [6.07, 6.45) is 9.57. The number of nitrogens with zero attached hydrogens (tertiary/aromatic N) is 5. The van der Waals surface area contributed by atoms with Crippen molar-refractivity contribution in [3.05, 3.63) is 116 Å². The van der Waals surface area contributed by atoms with Gasteiger partial charge >= 0.3 is 0 Å². The monoisotopic (exact) mass is 623 g/mol. The maximum atomic E-state index is 13.4. The Morgan fingerprint density at radius 2 is 1.77 bits per heavy atom. The van der Waals surface area contributed by atoms with Crippen LogP contribution >= 0.6 is 22.9 Å². The van der Waals surface area contributed by atoms with Crippen LogP contribution in [0.15, 0.2) is 83.8 Å². The van der Waals surface area contributed by atoms with Crippen LogP contribution in [0.2, 0.25) is 5.02 Å². The molecule has 0 aliphatic carbocycles. The summed E-state index contributed by atoms with van der Waals surface area (Å²) in [4.78, 5) is 18.5. The molecule has 3 heterocycles. The van der Waals surface area contributed by atoms with Crippen LogP contribution in [-0.4, -0.2) is 37.6 Å². The van der Waals surface area contributed by atoms with E-state index in [-0.39, 0.29) is 5.56 Å². The lowest BCUT2D eigenvalue weighted by Gasteiger charge is -2.07. The zero-order chi connectivity index (χ0) is 30.5. The van der Waals surface area contributed by atoms with Gasteiger partial charge in [0.15, 0.2) is 5.82 Å². The molecule has 0 unspecified atom stereocenters. The predicted molar refractivity (Wildman–Crippen MR) is 177 cm³/mol. The normalized spacial score (nSPS) is 12.0. The van der Waals surface area contributed by atoms with E-state index in [0.29, 0.717) is 45.0 Å². The Kier molecular flexibility index (Phi) is 8.86. The molecule has 0 atom stereocenters. The topological polar surface area (TPSA) is 83.5 Å². The first kappa shape index (κ1) is 29.3. The highest BCUT2D eigenvalue weighted by atomic mass is 35.5. The van der Waals surface area contributed by atoms with Gasteiger partial charge in [0.1, 0.15) is 17.2 Å². The quantitative estimate of drug-likeness (QED) is 0.145. The summed E-state index contributed by atoms with van der Waals surface area (Å²) in [6, 6.07) is 23.2. The van der Waals surface area contributed by atoms with Gasteiger partial charge in [-0.3, -0.25) is 4.79 Å². The molecule has 6 aromatic rings. The van der Waals surface area contributed by atoms with Crippen LogP contribution in [0, 0.1) is 0 Å². The number of benzene rings is 3. The molecule has 0 aliphatic heterocycles. The van der Waals surface area contributed by atoms with Crippen molar-refractivity contribution in [3.63, 3.8) is 0 Å². The van der Waals surface area contributed by atoms with E-state index in [1.54, 1.807) is 10.8 Å². The molecule has 0 radical (unpaired) electrons. The first-order valence-corrected chi connectivity index (χ1v) is 15.6. The van der Waals surface area contributed by atoms with Crippen molar-refractivity contribution in [2.24, 2.45) is 0 Å². The van der Waals surface area contributed by atoms with E-state index in [2.05, 4.69) is 17.0 Å². The lowest BCUT2D eigenvalue weighted by molar-refractivity contribution is 0.309. The summed E-state index contributed by atoms with van der Waals surface area (Å²) in [5, 5.41) is 9.80. The highest BCUT2D eigenvalue weighted by Crippen LogP contribution is 2.32. The fourth-order valence-corrected chi connectivity index (χ4v) is 5.73. The van der Waals surface area contributed by atoms with Crippen LogP contribution in [0.1, 0.15) is 43.6 Å². The number of ether oxygens (including phenoxy) is 2. The van der Waals surface area contributed by atoms with Gasteiger partial charge in [-0.15, -0.1) is 5.10 Å². The Labute approximate surface area is 263 Å². The van der Waals surface area contributed by atoms with Gasteiger partial charge in [0.05, 0.1) is 28.5 Å². The molecule has 3 aromatic heterocycles. The summed E-state index contributed by atoms with van der Waals surface area (Å²) in [7, 11) is 0. The molecule has 0 N–H and O–H groups in total. The highest BCUT2D eigenvalue weighted by Gasteiger charge is 2.15. The van der Waals surface area contributed by atoms with E-state index >= 15 is 0 Å². The minimum absolute atomic E-state index is 0.242. The Hall–Kier alpha value is -4.73. The summed E-state index contributed by atoms with van der Waals surface area (Å²) in [5.41, 5.74) is 3.89. The number of unbranched alkanes of at least 4 members (excludes halogenated alkanes) is 1. The maximum absolute atomic E-state index is 13.4. The van der Waals surface area contributed by atoms with Crippen LogP contribution in [0.5, 0.6) is 11.5 Å². The third-order valence-corrected chi connectivity index (χ3v) is 8.08. The molecule has 8 nitrogen and oxygen atoms in total. The summed E-state index contributed by atoms with van der Waals surface area (Å²) >= 11 is 7.80. The van der Waals surface area contributed by atoms with Gasteiger partial charge in [-0.1, -0.05) is 72.7 Å². The first-order valence-electron chi connectivity index (χ1n) is 14.4. The predicted octanol–water partition coefficient (Wildman–Crippen LogP) is 6.95. The van der Waals surface area contributed by atoms with Crippen molar-refractivity contribution in [1.82, 2.24) is 24.4 Å². The number of aromatic nitrogens is 5. The Morgan fingerprint density at radius 1 is 0.955 bits per heavy atom. The number of hydrogen-bond donors (Lipinski definition) is 0. The summed E-state index contributed by atoms with van der Waals surface area (Å²) in [6.45, 7) is 5.28. The molecule has 222 valence electrons. The first-order chi connectivity index (χ1) is 21.5. The van der Waals surface area contributed by atoms with Gasteiger partial charge in [0.25, 0.3) is 5.56 Å². The van der Waals surface area contributed by atoms with E-state index in [4.69, 9.17) is 26.2 Å². The fourth-order valence-electron chi connectivity index (χ4n) is 4.59. The molecule has 0 fully saturated rings. The van der Waals surface area contributed by atoms with Gasteiger partial charge in [0.2, 0.25) is 4.96 Å². The molecule has 44 heavy (non-hydrogen) atoms. The largest absolute Gasteiger partial charge is 0.494 e. The number of fused-ring (bicyclic) bond motifs is 1. The molecule has 10 heteroatoms. The van der Waals surface area contributed by atoms with Crippen molar-refractivity contribution in [2.75, 3.05) is 13.2 Å². The van der Waals surface area contributed by atoms with Crippen LogP contribution in [0.4, 0.5) is 0 Å². The smallest absolute Gasteiger partial charge is 0.291 e. The fraction of sp³-hybridized carbons (Fsp3) is 0.176. The Balaban J connectivity index is 1.31. The van der Waals surface area contributed by atoms with Gasteiger partial charge in [-0.2, -0.15) is 14.6 Å². The molecule has 0 saturated carbocycles. The van der Waals surface area contributed by atoms with E-state index in [9.17, 15) is 4.79 Å². The second kappa shape index (κ2) is 13.3. The Morgan fingerprint density at radius 3 is 2.50 bits per heavy atom. The number of thiazole rings is 1. The molecule has 0 saturated heterocycles. The van der Waals surface area contributed by atoms with Crippen molar-refractivity contribution in [2.45, 2.75) is 26.7 Å². The minimum Gasteiger partial charge on any atom is -0.494 e. The number of para-hydroxylation sites is 1. The molecule has 0 bridgehead atoms. The summed E-state index contributed by atoms with van der Waals surface area (Å²) < 4.78 is 15.0. The summed E-state index contributed by atoms with van der Waals surface area (Å²) in [5.74, 6) is 1.92. The standard InChI is InChI=1S/C34H30ClN5O3S/c1-3-5-19-43-27-15-11-23(12-16-27)13-18-31-36-34-40(37-31)33(41)30(44-34)21-25-22-39(26-9-7-6-8-10-26)38-32(25)24-14-17-29(42-4-2)28(35)20-24/h6-18,20-22H,3-5,19H2,1-2H3/b18-13+,30-21-. The van der Waals surface area contributed by atoms with Crippen molar-refractivity contribution < 1.29 is 9.47 Å². The van der Waals surface area contributed by atoms with Gasteiger partial charge < -0.3 is 9.47 Å². The van der Waals surface area contributed by atoms with Crippen LogP contribution < -0.4 is 19.6 Å². The molecule has 6 rings (SSSR count). The zero-order valence-electron chi connectivity index (χ0n) is 24.3. The molecule has 0 amide bonds. The maximum Gasteiger partial charge on any atom is 0.291 e. The van der Waals surface area contributed by atoms with Crippen molar-refractivity contribution >= 4 is 46.1 Å². The van der Waals surface area contributed by atoms with E-state index in [0.717, 1.165) is 41.0 Å². The molecular formula is C34H30ClN5O3S. The van der Waals surface area contributed by atoms with Gasteiger partial charge in [-0.25, -0.2) is 4.68 Å². The second-order valence-corrected chi connectivity index (χ2v) is 11.4. The molecule has 3 aromatic carbocycles. The highest BCUT2D eigenvalue weighted by molar-refractivity contribution is 7.15. The average Bonchev–Trinajstić information content (AvgIpc) is 3.73. The van der Waals surface area contributed by atoms with Crippen molar-refractivity contribution in [1.29, 1.82) is 0 Å². The second-order valence-electron chi connectivity index (χ2n) is 9.98. The third kappa shape index (κ3) is 6.44. The lowest BCUT2D eigenvalue weighted by Crippen LogP contribution is -2.23. The Bertz CT molecular complexity index is 2030. The molecule has 0 spiro atoms. The molecule has 0 aliphatic rings. The van der Waals surface area contributed by atoms with E-state index in [1.807, 2.05) is 98.1 Å². The number of hydrogen-bond acceptors (Lipinski definition) is 7. The lowest BCUT2D eigenvalue weighted by atomic mass is 10.1. The number of halogens is 1. The van der Waals surface area contributed by atoms with Crippen molar-refractivity contribution in [3.8, 4) is 28.4 Å².